The molecule has 21 heavy (non-hydrogen) atoms. The van der Waals surface area contributed by atoms with Crippen LogP contribution in [0.5, 0.6) is 0 Å². The van der Waals surface area contributed by atoms with Crippen LogP contribution in [0.3, 0.4) is 0 Å². The van der Waals surface area contributed by atoms with Crippen LogP contribution in [0.15, 0.2) is 0 Å². The molecule has 0 bridgehead atoms. The lowest BCUT2D eigenvalue weighted by atomic mass is 9.84. The van der Waals surface area contributed by atoms with Gasteiger partial charge in [-0.25, -0.2) is 0 Å². The summed E-state index contributed by atoms with van der Waals surface area (Å²) in [6.07, 6.45) is -8.67. The molecule has 126 valence electrons. The van der Waals surface area contributed by atoms with Crippen LogP contribution in [-0.2, 0) is 4.74 Å². The lowest BCUT2D eigenvalue weighted by Crippen LogP contribution is -2.45. The average Bonchev–Trinajstić information content (AvgIpc) is 2.37. The summed E-state index contributed by atoms with van der Waals surface area (Å²) >= 11 is 0. The zero-order valence-corrected chi connectivity index (χ0v) is 12.3. The molecule has 1 fully saturated rings. The van der Waals surface area contributed by atoms with Gasteiger partial charge in [0.15, 0.2) is 6.10 Å². The minimum Gasteiger partial charge on any atom is -0.368 e. The van der Waals surface area contributed by atoms with E-state index in [0.717, 1.165) is 13.3 Å². The van der Waals surface area contributed by atoms with Crippen LogP contribution in [0, 0.1) is 11.3 Å². The van der Waals surface area contributed by atoms with Crippen LogP contribution in [0.1, 0.15) is 52.4 Å². The van der Waals surface area contributed by atoms with E-state index in [-0.39, 0.29) is 6.42 Å². The topological polar surface area (TPSA) is 9.23 Å². The van der Waals surface area contributed by atoms with Gasteiger partial charge in [0.25, 0.3) is 0 Å². The maximum Gasteiger partial charge on any atom is 0.414 e. The second-order valence-electron chi connectivity index (χ2n) is 6.08. The Balaban J connectivity index is 2.78. The predicted octanol–water partition coefficient (Wildman–Crippen LogP) is 5.49. The van der Waals surface area contributed by atoms with Crippen molar-refractivity contribution < 1.29 is 31.1 Å². The fourth-order valence-corrected chi connectivity index (χ4v) is 2.59. The first-order valence-electron chi connectivity index (χ1n) is 7.26. The standard InChI is InChI=1S/C14H22F6O/c1-3-12(2,14(18,19)20)9-21-11(13(15,16)17)10-7-5-4-6-8-10/h10-11H,3-9H2,1-2H3. The zero-order chi connectivity index (χ0) is 16.3. The minimum absolute atomic E-state index is 0.314. The van der Waals surface area contributed by atoms with Crippen LogP contribution in [0.25, 0.3) is 0 Å². The highest BCUT2D eigenvalue weighted by atomic mass is 19.4. The Morgan fingerprint density at radius 1 is 1.00 bits per heavy atom. The Bertz CT molecular complexity index is 318. The molecule has 0 aromatic carbocycles. The fraction of sp³-hybridized carbons (Fsp3) is 1.00. The van der Waals surface area contributed by atoms with E-state index in [9.17, 15) is 26.3 Å². The van der Waals surface area contributed by atoms with Crippen molar-refractivity contribution in [1.82, 2.24) is 0 Å². The Morgan fingerprint density at radius 2 is 1.52 bits per heavy atom. The predicted molar refractivity (Wildman–Crippen MR) is 66.8 cm³/mol. The van der Waals surface area contributed by atoms with Gasteiger partial charge in [0.1, 0.15) is 0 Å². The Hall–Kier alpha value is -0.460. The van der Waals surface area contributed by atoms with Crippen LogP contribution < -0.4 is 0 Å². The van der Waals surface area contributed by atoms with Gasteiger partial charge in [-0.1, -0.05) is 26.2 Å². The quantitative estimate of drug-likeness (QED) is 0.608. The van der Waals surface area contributed by atoms with Crippen molar-refractivity contribution in [1.29, 1.82) is 0 Å². The van der Waals surface area contributed by atoms with Crippen LogP contribution >= 0.6 is 0 Å². The first-order chi connectivity index (χ1) is 9.51. The summed E-state index contributed by atoms with van der Waals surface area (Å²) in [5.41, 5.74) is -2.24. The van der Waals surface area contributed by atoms with E-state index in [2.05, 4.69) is 0 Å². The van der Waals surface area contributed by atoms with E-state index in [1.807, 2.05) is 0 Å². The summed E-state index contributed by atoms with van der Waals surface area (Å²) in [4.78, 5) is 0. The third kappa shape index (κ3) is 4.76. The van der Waals surface area contributed by atoms with E-state index in [1.54, 1.807) is 0 Å². The maximum absolute atomic E-state index is 13.1. The molecule has 1 saturated carbocycles. The van der Waals surface area contributed by atoms with Gasteiger partial charge in [-0.3, -0.25) is 0 Å². The summed E-state index contributed by atoms with van der Waals surface area (Å²) in [5.74, 6) is -0.729. The molecular formula is C14H22F6O. The number of halogens is 6. The molecule has 1 aliphatic rings. The summed E-state index contributed by atoms with van der Waals surface area (Å²) in [5, 5.41) is 0. The molecule has 2 unspecified atom stereocenters. The lowest BCUT2D eigenvalue weighted by Gasteiger charge is -2.36. The monoisotopic (exact) mass is 320 g/mol. The highest BCUT2D eigenvalue weighted by molar-refractivity contribution is 4.84. The van der Waals surface area contributed by atoms with Gasteiger partial charge in [0.05, 0.1) is 12.0 Å². The summed E-state index contributed by atoms with van der Waals surface area (Å²) in [7, 11) is 0. The summed E-state index contributed by atoms with van der Waals surface area (Å²) in [6, 6.07) is 0. The summed E-state index contributed by atoms with van der Waals surface area (Å²) < 4.78 is 82.8. The molecule has 0 aromatic heterocycles. The molecule has 0 aromatic rings. The summed E-state index contributed by atoms with van der Waals surface area (Å²) in [6.45, 7) is 1.26. The molecule has 2 atom stereocenters. The molecule has 1 nitrogen and oxygen atoms in total. The molecule has 0 aliphatic heterocycles. The van der Waals surface area contributed by atoms with Crippen molar-refractivity contribution in [2.75, 3.05) is 6.61 Å². The van der Waals surface area contributed by atoms with Crippen LogP contribution in [0.4, 0.5) is 26.3 Å². The number of rotatable bonds is 5. The maximum atomic E-state index is 13.1. The van der Waals surface area contributed by atoms with Crippen LogP contribution in [0.2, 0.25) is 0 Å². The van der Waals surface area contributed by atoms with Gasteiger partial charge >= 0.3 is 12.4 Å². The number of alkyl halides is 6. The van der Waals surface area contributed by atoms with Gasteiger partial charge in [-0.15, -0.1) is 0 Å². The van der Waals surface area contributed by atoms with Crippen LogP contribution in [-0.4, -0.2) is 25.1 Å². The van der Waals surface area contributed by atoms with Gasteiger partial charge in [-0.05, 0) is 32.1 Å². The SMILES string of the molecule is CCC(C)(COC(C1CCCCC1)C(F)(F)F)C(F)(F)F. The largest absolute Gasteiger partial charge is 0.414 e. The fourth-order valence-electron chi connectivity index (χ4n) is 2.59. The van der Waals surface area contributed by atoms with Crippen molar-refractivity contribution in [3.8, 4) is 0 Å². The van der Waals surface area contributed by atoms with Crippen molar-refractivity contribution in [3.63, 3.8) is 0 Å². The van der Waals surface area contributed by atoms with Gasteiger partial charge < -0.3 is 4.74 Å². The average molecular weight is 320 g/mol. The van der Waals surface area contributed by atoms with E-state index in [4.69, 9.17) is 4.74 Å². The smallest absolute Gasteiger partial charge is 0.368 e. The molecular weight excluding hydrogens is 298 g/mol. The Morgan fingerprint density at radius 3 is 1.90 bits per heavy atom. The third-order valence-corrected chi connectivity index (χ3v) is 4.45. The lowest BCUT2D eigenvalue weighted by molar-refractivity contribution is -0.277. The highest BCUT2D eigenvalue weighted by Crippen LogP contribution is 2.43. The van der Waals surface area contributed by atoms with Crippen molar-refractivity contribution in [3.05, 3.63) is 0 Å². The van der Waals surface area contributed by atoms with Crippen molar-refractivity contribution in [2.45, 2.75) is 70.8 Å². The number of ether oxygens (including phenoxy) is 1. The Labute approximate surface area is 121 Å². The number of hydrogen-bond acceptors (Lipinski definition) is 1. The number of hydrogen-bond donors (Lipinski definition) is 0. The molecule has 1 rings (SSSR count). The van der Waals surface area contributed by atoms with E-state index in [0.29, 0.717) is 25.7 Å². The second-order valence-corrected chi connectivity index (χ2v) is 6.08. The van der Waals surface area contributed by atoms with Gasteiger partial charge in [0, 0.05) is 0 Å². The molecule has 0 radical (unpaired) electrons. The highest BCUT2D eigenvalue weighted by Gasteiger charge is 2.52. The van der Waals surface area contributed by atoms with E-state index < -0.39 is 36.4 Å². The third-order valence-electron chi connectivity index (χ3n) is 4.45. The zero-order valence-electron chi connectivity index (χ0n) is 12.3. The van der Waals surface area contributed by atoms with Crippen molar-refractivity contribution >= 4 is 0 Å². The molecule has 0 saturated heterocycles. The molecule has 0 heterocycles. The first kappa shape index (κ1) is 18.6. The van der Waals surface area contributed by atoms with Gasteiger partial charge in [-0.2, -0.15) is 26.3 Å². The second kappa shape index (κ2) is 6.75. The first-order valence-corrected chi connectivity index (χ1v) is 7.26. The van der Waals surface area contributed by atoms with E-state index >= 15 is 0 Å². The molecule has 7 heteroatoms. The molecule has 1 aliphatic carbocycles. The van der Waals surface area contributed by atoms with E-state index in [1.165, 1.54) is 6.92 Å². The minimum atomic E-state index is -4.62. The van der Waals surface area contributed by atoms with Gasteiger partial charge in [0.2, 0.25) is 0 Å². The molecule has 0 amide bonds. The molecule has 0 spiro atoms. The molecule has 0 N–H and O–H groups in total. The normalized spacial score (nSPS) is 22.9. The van der Waals surface area contributed by atoms with Crippen molar-refractivity contribution in [2.24, 2.45) is 11.3 Å². The Kier molecular flexibility index (Phi) is 5.98.